The molecule has 0 saturated heterocycles. The zero-order valence-corrected chi connectivity index (χ0v) is 19.7. The van der Waals surface area contributed by atoms with Crippen LogP contribution in [0.25, 0.3) is 0 Å². The monoisotopic (exact) mass is 486 g/mol. The Hall–Kier alpha value is -4.27. The number of nitrogens with zero attached hydrogens (tertiary/aromatic N) is 4. The second kappa shape index (κ2) is 7.87. The van der Waals surface area contributed by atoms with Crippen LogP contribution in [-0.2, 0) is 4.79 Å². The molecule has 0 radical (unpaired) electrons. The van der Waals surface area contributed by atoms with Crippen LogP contribution in [0.1, 0.15) is 57.7 Å². The number of pyridine rings is 1. The van der Waals surface area contributed by atoms with E-state index in [1.54, 1.807) is 48.3 Å². The van der Waals surface area contributed by atoms with Crippen molar-refractivity contribution in [1.29, 1.82) is 0 Å². The zero-order chi connectivity index (χ0) is 25.3. The molecule has 2 amide bonds. The van der Waals surface area contributed by atoms with E-state index in [0.717, 1.165) is 12.8 Å². The van der Waals surface area contributed by atoms with E-state index in [1.165, 1.54) is 23.1 Å². The lowest BCUT2D eigenvalue weighted by atomic mass is 9.95. The van der Waals surface area contributed by atoms with Gasteiger partial charge in [-0.25, -0.2) is 14.2 Å². The van der Waals surface area contributed by atoms with E-state index < -0.39 is 29.8 Å². The maximum absolute atomic E-state index is 13.8. The van der Waals surface area contributed by atoms with Crippen LogP contribution >= 0.6 is 0 Å². The van der Waals surface area contributed by atoms with Gasteiger partial charge in [0.05, 0.1) is 22.9 Å². The molecule has 182 valence electrons. The molecular formula is C27H23FN4O4. The lowest BCUT2D eigenvalue weighted by molar-refractivity contribution is -0.119. The van der Waals surface area contributed by atoms with Gasteiger partial charge in [-0.05, 0) is 61.2 Å². The Morgan fingerprint density at radius 3 is 2.44 bits per heavy atom. The van der Waals surface area contributed by atoms with E-state index in [-0.39, 0.29) is 23.1 Å². The molecule has 2 aliphatic heterocycles. The van der Waals surface area contributed by atoms with Gasteiger partial charge in [-0.1, -0.05) is 24.3 Å². The first-order valence-corrected chi connectivity index (χ1v) is 11.8. The Morgan fingerprint density at radius 1 is 1.06 bits per heavy atom. The molecule has 3 heterocycles. The quantitative estimate of drug-likeness (QED) is 0.599. The van der Waals surface area contributed by atoms with Crippen molar-refractivity contribution < 1.29 is 23.9 Å². The smallest absolute Gasteiger partial charge is 0.336 e. The second-order valence-corrected chi connectivity index (χ2v) is 9.43. The summed E-state index contributed by atoms with van der Waals surface area (Å²) < 4.78 is 13.7. The number of aromatic nitrogens is 1. The highest BCUT2D eigenvalue weighted by Gasteiger charge is 2.45. The van der Waals surface area contributed by atoms with Gasteiger partial charge >= 0.3 is 5.97 Å². The molecule has 1 aliphatic carbocycles. The van der Waals surface area contributed by atoms with Crippen LogP contribution in [0.15, 0.2) is 54.6 Å². The fraction of sp³-hybridized carbons (Fsp3) is 0.259. The maximum Gasteiger partial charge on any atom is 0.336 e. The van der Waals surface area contributed by atoms with Gasteiger partial charge < -0.3 is 14.9 Å². The number of carbonyl (C=O) groups excluding carboxylic acids is 2. The van der Waals surface area contributed by atoms with Crippen LogP contribution in [-0.4, -0.2) is 47.0 Å². The van der Waals surface area contributed by atoms with Crippen LogP contribution < -0.4 is 14.7 Å². The highest BCUT2D eigenvalue weighted by atomic mass is 19.1. The van der Waals surface area contributed by atoms with Crippen molar-refractivity contribution in [3.63, 3.8) is 0 Å². The zero-order valence-electron chi connectivity index (χ0n) is 19.7. The number of aromatic carboxylic acids is 1. The van der Waals surface area contributed by atoms with Crippen molar-refractivity contribution in [3.8, 4) is 0 Å². The first-order valence-electron chi connectivity index (χ1n) is 11.8. The molecule has 2 atom stereocenters. The molecule has 0 bridgehead atoms. The van der Waals surface area contributed by atoms with E-state index in [2.05, 4.69) is 0 Å². The van der Waals surface area contributed by atoms with Gasteiger partial charge in [-0.3, -0.25) is 14.5 Å². The normalized spacial score (nSPS) is 21.0. The average Bonchev–Trinajstić information content (AvgIpc) is 3.66. The number of benzene rings is 2. The Labute approximate surface area is 206 Å². The topological polar surface area (TPSA) is 94.0 Å². The summed E-state index contributed by atoms with van der Waals surface area (Å²) in [6.45, 7) is 1.85. The maximum atomic E-state index is 13.8. The van der Waals surface area contributed by atoms with Crippen LogP contribution in [0.4, 0.5) is 21.7 Å². The van der Waals surface area contributed by atoms with Gasteiger partial charge in [-0.15, -0.1) is 0 Å². The number of anilines is 3. The molecule has 0 spiro atoms. The highest BCUT2D eigenvalue weighted by molar-refractivity contribution is 6.16. The minimum Gasteiger partial charge on any atom is -0.478 e. The van der Waals surface area contributed by atoms with Crippen LogP contribution in [0.2, 0.25) is 0 Å². The first-order chi connectivity index (χ1) is 17.3. The summed E-state index contributed by atoms with van der Waals surface area (Å²) in [5.74, 6) is -1.18. The molecule has 3 aromatic rings. The summed E-state index contributed by atoms with van der Waals surface area (Å²) in [5.41, 5.74) is 1.81. The number of carboxylic acid groups (broad SMARTS) is 1. The fourth-order valence-corrected chi connectivity index (χ4v) is 5.36. The van der Waals surface area contributed by atoms with Gasteiger partial charge in [-0.2, -0.15) is 0 Å². The molecular weight excluding hydrogens is 463 g/mol. The summed E-state index contributed by atoms with van der Waals surface area (Å²) >= 11 is 0. The number of carboxylic acids is 1. The van der Waals surface area contributed by atoms with E-state index >= 15 is 0 Å². The van der Waals surface area contributed by atoms with Gasteiger partial charge in [0.1, 0.15) is 17.7 Å². The van der Waals surface area contributed by atoms with Crippen molar-refractivity contribution in [2.24, 2.45) is 0 Å². The molecule has 3 aliphatic rings. The number of carbonyl (C=O) groups is 3. The molecule has 36 heavy (non-hydrogen) atoms. The van der Waals surface area contributed by atoms with Crippen LogP contribution in [0.3, 0.4) is 0 Å². The standard InChI is InChI=1S/C27H23FN4O4/c1-14-25(33)30(2)20-12-13-21(29-24(20)31(14)17-10-11-17)32-23(15-6-8-16(28)9-7-15)18-4-3-5-19(27(35)36)22(18)26(32)34/h3-9,12-14,17,23H,10-11H2,1-2H3,(H,35,36). The van der Waals surface area contributed by atoms with Crippen molar-refractivity contribution in [2.45, 2.75) is 37.9 Å². The van der Waals surface area contributed by atoms with Crippen molar-refractivity contribution >= 4 is 35.1 Å². The van der Waals surface area contributed by atoms with Crippen LogP contribution in [0.5, 0.6) is 0 Å². The summed E-state index contributed by atoms with van der Waals surface area (Å²) in [4.78, 5) is 48.6. The number of rotatable bonds is 4. The molecule has 1 N–H and O–H groups in total. The third-order valence-corrected chi connectivity index (χ3v) is 7.24. The summed E-state index contributed by atoms with van der Waals surface area (Å²) in [6, 6.07) is 13.1. The van der Waals surface area contributed by atoms with Crippen molar-refractivity contribution in [1.82, 2.24) is 4.98 Å². The predicted molar refractivity (Wildman–Crippen MR) is 131 cm³/mol. The minimum absolute atomic E-state index is 0.0242. The van der Waals surface area contributed by atoms with Crippen LogP contribution in [0, 0.1) is 5.82 Å². The molecule has 8 nitrogen and oxygen atoms in total. The minimum atomic E-state index is -1.20. The predicted octanol–water partition coefficient (Wildman–Crippen LogP) is 4.00. The lowest BCUT2D eigenvalue weighted by Gasteiger charge is -2.40. The first kappa shape index (κ1) is 22.2. The number of amides is 2. The summed E-state index contributed by atoms with van der Waals surface area (Å²) in [7, 11) is 1.71. The number of halogens is 1. The Morgan fingerprint density at radius 2 is 1.78 bits per heavy atom. The second-order valence-electron chi connectivity index (χ2n) is 9.43. The third-order valence-electron chi connectivity index (χ3n) is 7.24. The molecule has 2 aromatic carbocycles. The van der Waals surface area contributed by atoms with E-state index in [0.29, 0.717) is 28.5 Å². The molecule has 9 heteroatoms. The largest absolute Gasteiger partial charge is 0.478 e. The summed E-state index contributed by atoms with van der Waals surface area (Å²) in [6.07, 6.45) is 1.92. The van der Waals surface area contributed by atoms with Crippen molar-refractivity contribution in [2.75, 3.05) is 21.7 Å². The Balaban J connectivity index is 1.54. The molecule has 1 aromatic heterocycles. The molecule has 2 unspecified atom stereocenters. The SMILES string of the molecule is CC1C(=O)N(C)c2ccc(N3C(=O)c4c(C(=O)O)cccc4C3c3ccc(F)cc3)nc2N1C1CC1. The van der Waals surface area contributed by atoms with Gasteiger partial charge in [0.15, 0.2) is 5.82 Å². The van der Waals surface area contributed by atoms with E-state index in [4.69, 9.17) is 4.98 Å². The lowest BCUT2D eigenvalue weighted by Crippen LogP contribution is -2.52. The van der Waals surface area contributed by atoms with Crippen molar-refractivity contribution in [3.05, 3.63) is 82.7 Å². The third kappa shape index (κ3) is 3.19. The van der Waals surface area contributed by atoms with Gasteiger partial charge in [0.2, 0.25) is 5.91 Å². The number of fused-ring (bicyclic) bond motifs is 2. The Kier molecular flexibility index (Phi) is 4.86. The van der Waals surface area contributed by atoms with Gasteiger partial charge in [0, 0.05) is 13.1 Å². The number of hydrogen-bond donors (Lipinski definition) is 1. The fourth-order valence-electron chi connectivity index (χ4n) is 5.36. The molecule has 1 fully saturated rings. The summed E-state index contributed by atoms with van der Waals surface area (Å²) in [5, 5.41) is 9.78. The highest BCUT2D eigenvalue weighted by Crippen LogP contribution is 2.46. The molecule has 1 saturated carbocycles. The number of hydrogen-bond acceptors (Lipinski definition) is 5. The number of likely N-dealkylation sites (N-methyl/N-ethyl adjacent to an activating group) is 1. The van der Waals surface area contributed by atoms with E-state index in [9.17, 15) is 23.9 Å². The molecule has 6 rings (SSSR count). The average molecular weight is 487 g/mol. The van der Waals surface area contributed by atoms with E-state index in [1.807, 2.05) is 11.8 Å². The van der Waals surface area contributed by atoms with Gasteiger partial charge in [0.25, 0.3) is 5.91 Å². The Bertz CT molecular complexity index is 1440.